The van der Waals surface area contributed by atoms with E-state index in [0.717, 1.165) is 13.0 Å². The molecule has 0 aromatic heterocycles. The van der Waals surface area contributed by atoms with Crippen LogP contribution in [0.4, 0.5) is 0 Å². The van der Waals surface area contributed by atoms with E-state index in [0.29, 0.717) is 12.6 Å². The fraction of sp³-hybridized carbons (Fsp3) is 0.889. The van der Waals surface area contributed by atoms with E-state index in [4.69, 9.17) is 5.73 Å². The Morgan fingerprint density at radius 3 is 2.75 bits per heavy atom. The number of nitrogens with zero attached hydrogens (tertiary/aromatic N) is 1. The van der Waals surface area contributed by atoms with E-state index in [2.05, 4.69) is 0 Å². The molecule has 0 aromatic carbocycles. The zero-order valence-electron chi connectivity index (χ0n) is 7.55. The molecule has 1 aliphatic heterocycles. The molecule has 2 aliphatic rings. The summed E-state index contributed by atoms with van der Waals surface area (Å²) in [7, 11) is 0. The molecule has 2 N–H and O–H groups in total. The van der Waals surface area contributed by atoms with Gasteiger partial charge >= 0.3 is 0 Å². The van der Waals surface area contributed by atoms with Crippen LogP contribution in [0, 0.1) is 5.41 Å². The fourth-order valence-corrected chi connectivity index (χ4v) is 1.85. The maximum atomic E-state index is 11.8. The van der Waals surface area contributed by atoms with E-state index < -0.39 is 0 Å². The van der Waals surface area contributed by atoms with Crippen LogP contribution in [-0.4, -0.2) is 29.9 Å². The number of rotatable bonds is 2. The van der Waals surface area contributed by atoms with Crippen molar-refractivity contribution in [3.05, 3.63) is 0 Å². The largest absolute Gasteiger partial charge is 0.339 e. The molecule has 2 rings (SSSR count). The summed E-state index contributed by atoms with van der Waals surface area (Å²) in [6.45, 7) is 3.41. The molecular weight excluding hydrogens is 152 g/mol. The highest BCUT2D eigenvalue weighted by molar-refractivity contribution is 5.85. The molecule has 0 radical (unpaired) electrons. The zero-order chi connectivity index (χ0) is 8.77. The van der Waals surface area contributed by atoms with E-state index in [9.17, 15) is 4.79 Å². The van der Waals surface area contributed by atoms with Crippen molar-refractivity contribution in [3.8, 4) is 0 Å². The highest BCUT2D eigenvalue weighted by Crippen LogP contribution is 2.37. The van der Waals surface area contributed by atoms with Crippen molar-refractivity contribution in [2.24, 2.45) is 11.1 Å². The first-order valence-electron chi connectivity index (χ1n) is 4.68. The number of amides is 1. The standard InChI is InChI=1S/C9H16N2O/c1-9(6-10)4-5-11(8(9)12)7-2-3-7/h7H,2-6,10H2,1H3/t9-/m0/s1. The van der Waals surface area contributed by atoms with Gasteiger partial charge in [-0.2, -0.15) is 0 Å². The Morgan fingerprint density at radius 1 is 1.67 bits per heavy atom. The second-order valence-corrected chi connectivity index (χ2v) is 4.24. The Bertz CT molecular complexity index is 213. The summed E-state index contributed by atoms with van der Waals surface area (Å²) < 4.78 is 0. The van der Waals surface area contributed by atoms with Gasteiger partial charge in [-0.25, -0.2) is 0 Å². The summed E-state index contributed by atoms with van der Waals surface area (Å²) >= 11 is 0. The number of carbonyl (C=O) groups excluding carboxylic acids is 1. The molecule has 0 unspecified atom stereocenters. The molecule has 0 bridgehead atoms. The van der Waals surface area contributed by atoms with E-state index in [1.807, 2.05) is 11.8 Å². The van der Waals surface area contributed by atoms with Crippen molar-refractivity contribution in [1.82, 2.24) is 4.90 Å². The fourth-order valence-electron chi connectivity index (χ4n) is 1.85. The van der Waals surface area contributed by atoms with E-state index >= 15 is 0 Å². The summed E-state index contributed by atoms with van der Waals surface area (Å²) in [4.78, 5) is 13.8. The molecule has 0 aromatic rings. The van der Waals surface area contributed by atoms with Gasteiger partial charge < -0.3 is 10.6 Å². The predicted octanol–water partition coefficient (Wildman–Crippen LogP) is 0.346. The lowest BCUT2D eigenvalue weighted by Gasteiger charge is -2.21. The third kappa shape index (κ3) is 1.04. The molecule has 1 saturated heterocycles. The van der Waals surface area contributed by atoms with Gasteiger partial charge in [0.2, 0.25) is 5.91 Å². The van der Waals surface area contributed by atoms with Crippen LogP contribution in [-0.2, 0) is 4.79 Å². The molecule has 1 amide bonds. The first-order chi connectivity index (χ1) is 5.67. The number of hydrogen-bond donors (Lipinski definition) is 1. The Labute approximate surface area is 72.9 Å². The van der Waals surface area contributed by atoms with Gasteiger partial charge in [-0.3, -0.25) is 4.79 Å². The van der Waals surface area contributed by atoms with Crippen LogP contribution in [0.25, 0.3) is 0 Å². The van der Waals surface area contributed by atoms with Crippen LogP contribution < -0.4 is 5.73 Å². The van der Waals surface area contributed by atoms with Gasteiger partial charge in [-0.15, -0.1) is 0 Å². The third-order valence-electron chi connectivity index (χ3n) is 3.12. The lowest BCUT2D eigenvalue weighted by molar-refractivity contribution is -0.135. The number of hydrogen-bond acceptors (Lipinski definition) is 2. The first kappa shape index (κ1) is 8.05. The normalized spacial score (nSPS) is 36.2. The molecule has 12 heavy (non-hydrogen) atoms. The number of nitrogens with two attached hydrogens (primary N) is 1. The third-order valence-corrected chi connectivity index (χ3v) is 3.12. The molecule has 2 fully saturated rings. The molecular formula is C9H16N2O. The molecule has 1 saturated carbocycles. The molecule has 3 nitrogen and oxygen atoms in total. The van der Waals surface area contributed by atoms with Gasteiger partial charge in [-0.05, 0) is 26.2 Å². The van der Waals surface area contributed by atoms with E-state index in [1.165, 1.54) is 12.8 Å². The molecule has 3 heteroatoms. The second-order valence-electron chi connectivity index (χ2n) is 4.24. The first-order valence-corrected chi connectivity index (χ1v) is 4.68. The molecule has 1 heterocycles. The minimum Gasteiger partial charge on any atom is -0.339 e. The topological polar surface area (TPSA) is 46.3 Å². The van der Waals surface area contributed by atoms with Gasteiger partial charge in [0.25, 0.3) is 0 Å². The van der Waals surface area contributed by atoms with Crippen LogP contribution >= 0.6 is 0 Å². The summed E-state index contributed by atoms with van der Waals surface area (Å²) in [6, 6.07) is 0.561. The second kappa shape index (κ2) is 2.46. The maximum absolute atomic E-state index is 11.8. The Hall–Kier alpha value is -0.570. The van der Waals surface area contributed by atoms with Gasteiger partial charge in [0.15, 0.2) is 0 Å². The summed E-state index contributed by atoms with van der Waals surface area (Å²) in [5, 5.41) is 0. The monoisotopic (exact) mass is 168 g/mol. The summed E-state index contributed by atoms with van der Waals surface area (Å²) in [6.07, 6.45) is 3.34. The predicted molar refractivity (Wildman–Crippen MR) is 46.5 cm³/mol. The Morgan fingerprint density at radius 2 is 2.33 bits per heavy atom. The van der Waals surface area contributed by atoms with Crippen molar-refractivity contribution in [3.63, 3.8) is 0 Å². The number of likely N-dealkylation sites (tertiary alicyclic amines) is 1. The molecule has 1 atom stereocenters. The highest BCUT2D eigenvalue weighted by Gasteiger charge is 2.46. The molecule has 0 spiro atoms. The van der Waals surface area contributed by atoms with Crippen molar-refractivity contribution in [2.45, 2.75) is 32.2 Å². The average molecular weight is 168 g/mol. The van der Waals surface area contributed by atoms with Crippen LogP contribution in [0.3, 0.4) is 0 Å². The van der Waals surface area contributed by atoms with Crippen LogP contribution in [0.1, 0.15) is 26.2 Å². The van der Waals surface area contributed by atoms with E-state index in [1.54, 1.807) is 0 Å². The number of carbonyl (C=O) groups is 1. The van der Waals surface area contributed by atoms with Gasteiger partial charge in [0.1, 0.15) is 0 Å². The average Bonchev–Trinajstić information content (AvgIpc) is 2.84. The van der Waals surface area contributed by atoms with Crippen LogP contribution in [0.15, 0.2) is 0 Å². The van der Waals surface area contributed by atoms with Crippen molar-refractivity contribution >= 4 is 5.91 Å². The van der Waals surface area contributed by atoms with Crippen molar-refractivity contribution < 1.29 is 4.79 Å². The molecule has 1 aliphatic carbocycles. The van der Waals surface area contributed by atoms with Gasteiger partial charge in [0, 0.05) is 19.1 Å². The maximum Gasteiger partial charge on any atom is 0.230 e. The lowest BCUT2D eigenvalue weighted by atomic mass is 9.89. The Kier molecular flexibility index (Phi) is 1.65. The van der Waals surface area contributed by atoms with Gasteiger partial charge in [-0.1, -0.05) is 0 Å². The van der Waals surface area contributed by atoms with Gasteiger partial charge in [0.05, 0.1) is 5.41 Å². The SMILES string of the molecule is C[C@@]1(CN)CCN(C2CC2)C1=O. The lowest BCUT2D eigenvalue weighted by Crippen LogP contribution is -2.38. The Balaban J connectivity index is 2.09. The van der Waals surface area contributed by atoms with Crippen molar-refractivity contribution in [1.29, 1.82) is 0 Å². The van der Waals surface area contributed by atoms with Crippen LogP contribution in [0.5, 0.6) is 0 Å². The highest BCUT2D eigenvalue weighted by atomic mass is 16.2. The summed E-state index contributed by atoms with van der Waals surface area (Å²) in [5.74, 6) is 0.285. The molecule has 68 valence electrons. The summed E-state index contributed by atoms with van der Waals surface area (Å²) in [5.41, 5.74) is 5.35. The minimum atomic E-state index is -0.247. The smallest absolute Gasteiger partial charge is 0.230 e. The van der Waals surface area contributed by atoms with E-state index in [-0.39, 0.29) is 11.3 Å². The zero-order valence-corrected chi connectivity index (χ0v) is 7.55. The quantitative estimate of drug-likeness (QED) is 0.646. The minimum absolute atomic E-state index is 0.247. The van der Waals surface area contributed by atoms with Crippen molar-refractivity contribution in [2.75, 3.05) is 13.1 Å². The van der Waals surface area contributed by atoms with Crippen LogP contribution in [0.2, 0.25) is 0 Å².